The number of aliphatic hydroxyl groups is 2. The number of rotatable bonds is 1. The Bertz CT molecular complexity index is 196. The largest absolute Gasteiger partial charge is 0.387 e. The predicted molar refractivity (Wildman–Crippen MR) is 77.2 cm³/mol. The first-order chi connectivity index (χ1) is 7.80. The van der Waals surface area contributed by atoms with Crippen LogP contribution in [0.3, 0.4) is 0 Å². The molecule has 2 nitrogen and oxygen atoms in total. The van der Waals surface area contributed by atoms with Gasteiger partial charge in [0.2, 0.25) is 0 Å². The van der Waals surface area contributed by atoms with Crippen molar-refractivity contribution in [3.05, 3.63) is 29.6 Å². The summed E-state index contributed by atoms with van der Waals surface area (Å²) >= 11 is 0. The maximum atomic E-state index is 9.10. The summed E-state index contributed by atoms with van der Waals surface area (Å²) in [5.74, 6) is 7.34. The van der Waals surface area contributed by atoms with Crippen molar-refractivity contribution in [3.63, 3.8) is 0 Å². The molecule has 0 unspecified atom stereocenters. The summed E-state index contributed by atoms with van der Waals surface area (Å²) in [5, 5.41) is 18.2. The zero-order valence-corrected chi connectivity index (χ0v) is 16.1. The Morgan fingerprint density at radius 2 is 0.632 bits per heavy atom. The molecular formula is C16H29IrO2. The summed E-state index contributed by atoms with van der Waals surface area (Å²) in [6, 6.07) is 0. The summed E-state index contributed by atoms with van der Waals surface area (Å²) in [6.07, 6.45) is 0. The summed E-state index contributed by atoms with van der Waals surface area (Å²) < 4.78 is 0. The number of hydrogen-bond acceptors (Lipinski definition) is 2. The molecule has 0 saturated heterocycles. The van der Waals surface area contributed by atoms with Gasteiger partial charge in [-0.05, 0) is 57.3 Å². The first-order valence-electron chi connectivity index (χ1n) is 6.45. The SMILES string of the molecule is CC(C)(O)C(C)(C)O.C[C]1[C](C)[C](C)[C](C)[C]1C.[Ir]. The van der Waals surface area contributed by atoms with Crippen molar-refractivity contribution in [1.29, 1.82) is 0 Å². The van der Waals surface area contributed by atoms with Crippen molar-refractivity contribution in [2.45, 2.75) is 73.5 Å². The van der Waals surface area contributed by atoms with Crippen molar-refractivity contribution >= 4 is 0 Å². The van der Waals surface area contributed by atoms with E-state index >= 15 is 0 Å². The number of hydrogen-bond donors (Lipinski definition) is 2. The van der Waals surface area contributed by atoms with Crippen LogP contribution in [0.25, 0.3) is 0 Å². The van der Waals surface area contributed by atoms with E-state index in [1.165, 1.54) is 29.6 Å². The second kappa shape index (κ2) is 7.54. The van der Waals surface area contributed by atoms with Crippen LogP contribution in [0.2, 0.25) is 0 Å². The van der Waals surface area contributed by atoms with Crippen molar-refractivity contribution < 1.29 is 30.3 Å². The Balaban J connectivity index is 0. The summed E-state index contributed by atoms with van der Waals surface area (Å²) in [5.41, 5.74) is -2.01. The molecule has 1 rings (SSSR count). The third-order valence-corrected chi connectivity index (χ3v) is 4.31. The van der Waals surface area contributed by atoms with Crippen LogP contribution in [0.15, 0.2) is 0 Å². The molecule has 0 spiro atoms. The molecule has 0 bridgehead atoms. The Morgan fingerprint density at radius 1 is 0.526 bits per heavy atom. The summed E-state index contributed by atoms with van der Waals surface area (Å²) in [4.78, 5) is 0. The Hall–Kier alpha value is 0.569. The van der Waals surface area contributed by atoms with E-state index in [0.717, 1.165) is 0 Å². The Labute approximate surface area is 133 Å². The van der Waals surface area contributed by atoms with Gasteiger partial charge in [-0.15, -0.1) is 0 Å². The molecule has 0 aromatic rings. The zero-order valence-electron chi connectivity index (χ0n) is 13.7. The Morgan fingerprint density at radius 3 is 0.684 bits per heavy atom. The van der Waals surface area contributed by atoms with E-state index < -0.39 is 11.2 Å². The van der Waals surface area contributed by atoms with Gasteiger partial charge in [-0.3, -0.25) is 0 Å². The van der Waals surface area contributed by atoms with E-state index in [2.05, 4.69) is 34.6 Å². The quantitative estimate of drug-likeness (QED) is 0.649. The molecule has 0 heterocycles. The van der Waals surface area contributed by atoms with Crippen LogP contribution in [0.5, 0.6) is 0 Å². The van der Waals surface area contributed by atoms with Crippen LogP contribution in [-0.4, -0.2) is 21.4 Å². The molecule has 1 saturated carbocycles. The van der Waals surface area contributed by atoms with Gasteiger partial charge in [0.1, 0.15) is 0 Å². The molecule has 0 aromatic heterocycles. The molecule has 1 aliphatic rings. The molecule has 2 N–H and O–H groups in total. The van der Waals surface area contributed by atoms with E-state index in [4.69, 9.17) is 10.2 Å². The molecular weight excluding hydrogens is 416 g/mol. The van der Waals surface area contributed by atoms with E-state index in [-0.39, 0.29) is 20.1 Å². The average molecular weight is 446 g/mol. The standard InChI is InChI=1S/C10H15.C6H14O2.Ir/c1-6-7(2)9(4)10(5)8(6)3;1-5(2,7)6(3,4)8;/h1-5H3;7-8H,1-4H3;. The monoisotopic (exact) mass is 446 g/mol. The smallest absolute Gasteiger partial charge is 0.0872 e. The van der Waals surface area contributed by atoms with Crippen molar-refractivity contribution in [3.8, 4) is 0 Å². The normalized spacial score (nSPS) is 21.0. The van der Waals surface area contributed by atoms with Gasteiger partial charge in [0.25, 0.3) is 0 Å². The summed E-state index contributed by atoms with van der Waals surface area (Å²) in [7, 11) is 0. The third kappa shape index (κ3) is 5.83. The second-order valence-corrected chi connectivity index (χ2v) is 6.24. The minimum Gasteiger partial charge on any atom is -0.387 e. The zero-order chi connectivity index (χ0) is 14.9. The molecule has 0 atom stereocenters. The molecule has 1 aliphatic carbocycles. The van der Waals surface area contributed by atoms with Crippen LogP contribution < -0.4 is 0 Å². The third-order valence-electron chi connectivity index (χ3n) is 4.31. The molecule has 114 valence electrons. The van der Waals surface area contributed by atoms with E-state index in [9.17, 15) is 0 Å². The van der Waals surface area contributed by atoms with Gasteiger partial charge >= 0.3 is 0 Å². The fourth-order valence-electron chi connectivity index (χ4n) is 1.41. The van der Waals surface area contributed by atoms with Gasteiger partial charge in [0, 0.05) is 20.1 Å². The molecule has 0 amide bonds. The maximum absolute atomic E-state index is 9.10. The first kappa shape index (κ1) is 21.9. The van der Waals surface area contributed by atoms with Crippen LogP contribution >= 0.6 is 0 Å². The van der Waals surface area contributed by atoms with Crippen LogP contribution in [-0.2, 0) is 20.1 Å². The fraction of sp³-hybridized carbons (Fsp3) is 0.688. The van der Waals surface area contributed by atoms with E-state index in [0.29, 0.717) is 0 Å². The molecule has 0 aliphatic heterocycles. The van der Waals surface area contributed by atoms with Gasteiger partial charge in [0.15, 0.2) is 0 Å². The molecule has 19 heavy (non-hydrogen) atoms. The van der Waals surface area contributed by atoms with Crippen molar-refractivity contribution in [2.24, 2.45) is 0 Å². The van der Waals surface area contributed by atoms with Gasteiger partial charge in [0.05, 0.1) is 11.2 Å². The van der Waals surface area contributed by atoms with Gasteiger partial charge < -0.3 is 10.2 Å². The average Bonchev–Trinajstić information content (AvgIpc) is 2.35. The summed E-state index contributed by atoms with van der Waals surface area (Å²) in [6.45, 7) is 17.3. The predicted octanol–water partition coefficient (Wildman–Crippen LogP) is 3.50. The fourth-order valence-corrected chi connectivity index (χ4v) is 1.41. The topological polar surface area (TPSA) is 40.5 Å². The van der Waals surface area contributed by atoms with Crippen LogP contribution in [0.4, 0.5) is 0 Å². The molecule has 1 fully saturated rings. The van der Waals surface area contributed by atoms with E-state index in [1.54, 1.807) is 27.7 Å². The van der Waals surface area contributed by atoms with Gasteiger partial charge in [-0.1, -0.05) is 34.6 Å². The van der Waals surface area contributed by atoms with Crippen LogP contribution in [0, 0.1) is 29.6 Å². The molecule has 6 radical (unpaired) electrons. The van der Waals surface area contributed by atoms with E-state index in [1.807, 2.05) is 0 Å². The van der Waals surface area contributed by atoms with Crippen LogP contribution in [0.1, 0.15) is 62.3 Å². The Kier molecular flexibility index (Phi) is 8.68. The minimum absolute atomic E-state index is 0. The van der Waals surface area contributed by atoms with Gasteiger partial charge in [-0.2, -0.15) is 0 Å². The molecule has 3 heteroatoms. The van der Waals surface area contributed by atoms with Crippen molar-refractivity contribution in [2.75, 3.05) is 0 Å². The first-order valence-corrected chi connectivity index (χ1v) is 6.45. The minimum atomic E-state index is -1.01. The molecule has 0 aromatic carbocycles. The maximum Gasteiger partial charge on any atom is 0.0872 e. The second-order valence-electron chi connectivity index (χ2n) is 6.24. The van der Waals surface area contributed by atoms with Crippen molar-refractivity contribution in [1.82, 2.24) is 0 Å². The van der Waals surface area contributed by atoms with Gasteiger partial charge in [-0.25, -0.2) is 0 Å².